The van der Waals surface area contributed by atoms with E-state index < -0.39 is 5.38 Å². The number of ether oxygens (including phenoxy) is 1. The number of methoxy groups -OCH3 is 1. The van der Waals surface area contributed by atoms with Crippen molar-refractivity contribution in [2.45, 2.75) is 5.38 Å². The molecule has 0 saturated heterocycles. The van der Waals surface area contributed by atoms with E-state index in [4.69, 9.17) is 39.5 Å². The molecule has 2 aromatic rings. The van der Waals surface area contributed by atoms with Gasteiger partial charge in [0.15, 0.2) is 0 Å². The van der Waals surface area contributed by atoms with Gasteiger partial charge < -0.3 is 4.74 Å². The summed E-state index contributed by atoms with van der Waals surface area (Å²) in [5.41, 5.74) is 1.59. The molecule has 0 aliphatic carbocycles. The lowest BCUT2D eigenvalue weighted by Crippen LogP contribution is -1.98. The smallest absolute Gasteiger partial charge is 0.123 e. The molecular formula is C14H10BrCl3O. The molecule has 1 atom stereocenters. The minimum absolute atomic E-state index is 0.432. The molecule has 1 nitrogen and oxygen atoms in total. The zero-order chi connectivity index (χ0) is 14.0. The second kappa shape index (κ2) is 6.36. The number of hydrogen-bond donors (Lipinski definition) is 0. The Morgan fingerprint density at radius 1 is 1.05 bits per heavy atom. The molecule has 100 valence electrons. The van der Waals surface area contributed by atoms with E-state index in [1.165, 1.54) is 0 Å². The number of alkyl halides is 1. The van der Waals surface area contributed by atoms with Crippen molar-refractivity contribution in [3.63, 3.8) is 0 Å². The van der Waals surface area contributed by atoms with Crippen LogP contribution in [0.4, 0.5) is 0 Å². The zero-order valence-corrected chi connectivity index (χ0v) is 13.8. The standard InChI is InChI=1S/C14H10BrCl3O/c1-19-13-5-2-8(15)6-11(13)14(18)10-7-9(16)3-4-12(10)17/h2-7,14H,1H3. The average molecular weight is 380 g/mol. The Kier molecular flexibility index (Phi) is 5.02. The van der Waals surface area contributed by atoms with Crippen LogP contribution in [-0.4, -0.2) is 7.11 Å². The summed E-state index contributed by atoms with van der Waals surface area (Å²) in [5, 5.41) is 0.740. The number of hydrogen-bond acceptors (Lipinski definition) is 1. The Balaban J connectivity index is 2.51. The quantitative estimate of drug-likeness (QED) is 0.585. The van der Waals surface area contributed by atoms with Crippen molar-refractivity contribution in [2.75, 3.05) is 7.11 Å². The van der Waals surface area contributed by atoms with Gasteiger partial charge in [0.2, 0.25) is 0 Å². The van der Waals surface area contributed by atoms with Crippen LogP contribution in [-0.2, 0) is 0 Å². The van der Waals surface area contributed by atoms with Crippen molar-refractivity contribution in [3.05, 3.63) is 62.0 Å². The van der Waals surface area contributed by atoms with E-state index in [2.05, 4.69) is 15.9 Å². The first-order chi connectivity index (χ1) is 9.02. The lowest BCUT2D eigenvalue weighted by molar-refractivity contribution is 0.410. The van der Waals surface area contributed by atoms with Crippen molar-refractivity contribution < 1.29 is 4.74 Å². The third kappa shape index (κ3) is 3.38. The van der Waals surface area contributed by atoms with Gasteiger partial charge in [-0.2, -0.15) is 0 Å². The molecule has 0 fully saturated rings. The summed E-state index contributed by atoms with van der Waals surface area (Å²) in [6, 6.07) is 10.9. The fourth-order valence-corrected chi connectivity index (χ4v) is 2.97. The van der Waals surface area contributed by atoms with E-state index in [0.29, 0.717) is 15.8 Å². The van der Waals surface area contributed by atoms with E-state index in [1.54, 1.807) is 25.3 Å². The van der Waals surface area contributed by atoms with Crippen LogP contribution < -0.4 is 4.74 Å². The fourth-order valence-electron chi connectivity index (χ4n) is 1.78. The van der Waals surface area contributed by atoms with E-state index in [-0.39, 0.29) is 0 Å². The lowest BCUT2D eigenvalue weighted by Gasteiger charge is -2.16. The molecule has 0 amide bonds. The third-order valence-electron chi connectivity index (χ3n) is 2.70. The monoisotopic (exact) mass is 378 g/mol. The Bertz CT molecular complexity index is 601. The van der Waals surface area contributed by atoms with Crippen LogP contribution in [0.2, 0.25) is 10.0 Å². The van der Waals surface area contributed by atoms with Gasteiger partial charge in [-0.05, 0) is 42.0 Å². The summed E-state index contributed by atoms with van der Waals surface area (Å²) in [4.78, 5) is 0. The van der Waals surface area contributed by atoms with Crippen molar-refractivity contribution >= 4 is 50.7 Å². The van der Waals surface area contributed by atoms with Gasteiger partial charge in [0.25, 0.3) is 0 Å². The summed E-state index contributed by atoms with van der Waals surface area (Å²) < 4.78 is 6.25. The maximum atomic E-state index is 6.52. The number of benzene rings is 2. The minimum Gasteiger partial charge on any atom is -0.496 e. The van der Waals surface area contributed by atoms with Gasteiger partial charge in [0.1, 0.15) is 5.75 Å². The van der Waals surface area contributed by atoms with Gasteiger partial charge in [0.05, 0.1) is 12.5 Å². The molecule has 0 N–H and O–H groups in total. The Morgan fingerprint density at radius 3 is 2.47 bits per heavy atom. The predicted molar refractivity (Wildman–Crippen MR) is 84.9 cm³/mol. The van der Waals surface area contributed by atoms with Crippen LogP contribution in [0, 0.1) is 0 Å². The first-order valence-corrected chi connectivity index (χ1v) is 7.44. The molecular weight excluding hydrogens is 370 g/mol. The van der Waals surface area contributed by atoms with Crippen LogP contribution in [0.3, 0.4) is 0 Å². The Hall–Kier alpha value is -0.410. The summed E-state index contributed by atoms with van der Waals surface area (Å²) in [7, 11) is 1.61. The van der Waals surface area contributed by atoms with E-state index >= 15 is 0 Å². The van der Waals surface area contributed by atoms with Gasteiger partial charge in [-0.1, -0.05) is 39.1 Å². The molecule has 2 rings (SSSR count). The molecule has 19 heavy (non-hydrogen) atoms. The molecule has 1 unspecified atom stereocenters. The summed E-state index contributed by atoms with van der Waals surface area (Å²) in [6.07, 6.45) is 0. The topological polar surface area (TPSA) is 9.23 Å². The average Bonchev–Trinajstić information content (AvgIpc) is 2.40. The lowest BCUT2D eigenvalue weighted by atomic mass is 10.0. The number of rotatable bonds is 3. The molecule has 0 heterocycles. The minimum atomic E-state index is -0.432. The SMILES string of the molecule is COc1ccc(Br)cc1C(Cl)c1cc(Cl)ccc1Cl. The molecule has 0 saturated carbocycles. The van der Waals surface area contributed by atoms with Crippen LogP contribution in [0.25, 0.3) is 0 Å². The van der Waals surface area contributed by atoms with Crippen LogP contribution in [0.1, 0.15) is 16.5 Å². The molecule has 0 radical (unpaired) electrons. The molecule has 0 aromatic heterocycles. The molecule has 0 spiro atoms. The van der Waals surface area contributed by atoms with Gasteiger partial charge in [-0.15, -0.1) is 11.6 Å². The van der Waals surface area contributed by atoms with E-state index in [0.717, 1.165) is 15.6 Å². The van der Waals surface area contributed by atoms with Gasteiger partial charge in [-0.25, -0.2) is 0 Å². The normalized spacial score (nSPS) is 12.3. The van der Waals surface area contributed by atoms with Crippen molar-refractivity contribution in [1.29, 1.82) is 0 Å². The Labute approximate surface area is 135 Å². The van der Waals surface area contributed by atoms with Crippen LogP contribution >= 0.6 is 50.7 Å². The van der Waals surface area contributed by atoms with Crippen LogP contribution in [0.5, 0.6) is 5.75 Å². The molecule has 2 aromatic carbocycles. The molecule has 0 bridgehead atoms. The van der Waals surface area contributed by atoms with Crippen molar-refractivity contribution in [3.8, 4) is 5.75 Å². The number of halogens is 4. The first-order valence-electron chi connectivity index (χ1n) is 5.45. The second-order valence-electron chi connectivity index (χ2n) is 3.91. The second-order valence-corrected chi connectivity index (χ2v) is 6.11. The van der Waals surface area contributed by atoms with Gasteiger partial charge >= 0.3 is 0 Å². The van der Waals surface area contributed by atoms with E-state index in [1.807, 2.05) is 18.2 Å². The molecule has 5 heteroatoms. The Morgan fingerprint density at radius 2 is 1.79 bits per heavy atom. The third-order valence-corrected chi connectivity index (χ3v) is 4.24. The summed E-state index contributed by atoms with van der Waals surface area (Å²) >= 11 is 22.1. The largest absolute Gasteiger partial charge is 0.496 e. The van der Waals surface area contributed by atoms with Crippen LogP contribution in [0.15, 0.2) is 40.9 Å². The summed E-state index contributed by atoms with van der Waals surface area (Å²) in [6.45, 7) is 0. The highest BCUT2D eigenvalue weighted by Crippen LogP contribution is 2.40. The van der Waals surface area contributed by atoms with Crippen molar-refractivity contribution in [2.24, 2.45) is 0 Å². The molecule has 0 aliphatic heterocycles. The summed E-state index contributed by atoms with van der Waals surface area (Å²) in [5.74, 6) is 0.708. The highest BCUT2D eigenvalue weighted by molar-refractivity contribution is 9.10. The van der Waals surface area contributed by atoms with Gasteiger partial charge in [0, 0.05) is 20.1 Å². The van der Waals surface area contributed by atoms with E-state index in [9.17, 15) is 0 Å². The maximum absolute atomic E-state index is 6.52. The maximum Gasteiger partial charge on any atom is 0.123 e. The van der Waals surface area contributed by atoms with Gasteiger partial charge in [-0.3, -0.25) is 0 Å². The van der Waals surface area contributed by atoms with Crippen molar-refractivity contribution in [1.82, 2.24) is 0 Å². The highest BCUT2D eigenvalue weighted by atomic mass is 79.9. The zero-order valence-electron chi connectivity index (χ0n) is 9.96. The molecule has 0 aliphatic rings. The fraction of sp³-hybridized carbons (Fsp3) is 0.143. The highest BCUT2D eigenvalue weighted by Gasteiger charge is 2.19. The predicted octanol–water partition coefficient (Wildman–Crippen LogP) is 6.09. The first kappa shape index (κ1) is 15.0.